The first kappa shape index (κ1) is 18.9. The van der Waals surface area contributed by atoms with Crippen LogP contribution < -0.4 is 10.0 Å². The summed E-state index contributed by atoms with van der Waals surface area (Å²) < 4.78 is 28.3. The number of nitrogens with zero attached hydrogens (tertiary/aromatic N) is 1. The highest BCUT2D eigenvalue weighted by atomic mass is 32.2. The largest absolute Gasteiger partial charge is 0.340 e. The number of rotatable bonds is 5. The predicted molar refractivity (Wildman–Crippen MR) is 110 cm³/mol. The average Bonchev–Trinajstić information content (AvgIpc) is 2.57. The molecule has 0 aliphatic carbocycles. The zero-order valence-corrected chi connectivity index (χ0v) is 16.7. The number of benzene rings is 2. The first-order chi connectivity index (χ1) is 12.8. The Morgan fingerprint density at radius 3 is 2.11 bits per heavy atom. The van der Waals surface area contributed by atoms with Crippen molar-refractivity contribution in [3.8, 4) is 0 Å². The molecule has 2 aromatic carbocycles. The van der Waals surface area contributed by atoms with E-state index in [0.29, 0.717) is 16.4 Å². The molecule has 0 atom stereocenters. The molecule has 0 bridgehead atoms. The molecule has 0 unspecified atom stereocenters. The standard InChI is InChI=1S/C21H23N3O2S/c1-14-11-16(3)21(17(4)12-14)27(25,26)24-18-9-10-20(22-13-18)23-19-8-6-5-7-15(19)2/h5-13,24H,1-4H3,(H,22,23). The average molecular weight is 382 g/mol. The molecule has 2 N–H and O–H groups in total. The van der Waals surface area contributed by atoms with Crippen LogP contribution in [0.5, 0.6) is 0 Å². The molecule has 1 heterocycles. The van der Waals surface area contributed by atoms with E-state index < -0.39 is 10.0 Å². The second kappa shape index (κ2) is 7.40. The molecule has 0 spiro atoms. The summed E-state index contributed by atoms with van der Waals surface area (Å²) in [4.78, 5) is 4.63. The molecule has 27 heavy (non-hydrogen) atoms. The molecule has 3 rings (SSSR count). The summed E-state index contributed by atoms with van der Waals surface area (Å²) in [5.74, 6) is 0.648. The number of anilines is 3. The Bertz CT molecular complexity index is 1050. The van der Waals surface area contributed by atoms with Gasteiger partial charge in [0.05, 0.1) is 16.8 Å². The summed E-state index contributed by atoms with van der Waals surface area (Å²) in [5.41, 5.74) is 4.98. The van der Waals surface area contributed by atoms with Crippen LogP contribution in [0.4, 0.5) is 17.2 Å². The minimum atomic E-state index is -3.68. The second-order valence-electron chi connectivity index (χ2n) is 6.71. The predicted octanol–water partition coefficient (Wildman–Crippen LogP) is 4.86. The maximum atomic E-state index is 12.8. The number of para-hydroxylation sites is 1. The first-order valence-electron chi connectivity index (χ1n) is 8.65. The zero-order valence-electron chi connectivity index (χ0n) is 15.9. The minimum Gasteiger partial charge on any atom is -0.340 e. The highest BCUT2D eigenvalue weighted by Gasteiger charge is 2.20. The van der Waals surface area contributed by atoms with Crippen LogP contribution in [0.2, 0.25) is 0 Å². The Hall–Kier alpha value is -2.86. The molecule has 1 aromatic heterocycles. The summed E-state index contributed by atoms with van der Waals surface area (Å²) in [6.07, 6.45) is 1.51. The highest BCUT2D eigenvalue weighted by molar-refractivity contribution is 7.92. The lowest BCUT2D eigenvalue weighted by Gasteiger charge is -2.14. The maximum absolute atomic E-state index is 12.8. The fraction of sp³-hybridized carbons (Fsp3) is 0.190. The SMILES string of the molecule is Cc1cc(C)c(S(=O)(=O)Nc2ccc(Nc3ccccc3C)nc2)c(C)c1. The van der Waals surface area contributed by atoms with Gasteiger partial charge in [-0.05, 0) is 62.6 Å². The number of sulfonamides is 1. The molecule has 6 heteroatoms. The Kier molecular flexibility index (Phi) is 5.19. The van der Waals surface area contributed by atoms with E-state index in [4.69, 9.17) is 0 Å². The van der Waals surface area contributed by atoms with E-state index in [1.54, 1.807) is 12.1 Å². The number of nitrogens with one attached hydrogen (secondary N) is 2. The van der Waals surface area contributed by atoms with Crippen molar-refractivity contribution in [3.05, 3.63) is 77.0 Å². The van der Waals surface area contributed by atoms with Gasteiger partial charge < -0.3 is 5.32 Å². The topological polar surface area (TPSA) is 71.1 Å². The Morgan fingerprint density at radius 1 is 0.852 bits per heavy atom. The molecule has 0 saturated carbocycles. The van der Waals surface area contributed by atoms with Gasteiger partial charge in [0.2, 0.25) is 0 Å². The third kappa shape index (κ3) is 4.28. The van der Waals surface area contributed by atoms with Crippen molar-refractivity contribution in [2.75, 3.05) is 10.0 Å². The molecule has 0 fully saturated rings. The van der Waals surface area contributed by atoms with E-state index in [2.05, 4.69) is 15.0 Å². The monoisotopic (exact) mass is 381 g/mol. The lowest BCUT2D eigenvalue weighted by Crippen LogP contribution is -2.16. The number of aryl methyl sites for hydroxylation is 4. The summed E-state index contributed by atoms with van der Waals surface area (Å²) in [5, 5.41) is 3.23. The minimum absolute atomic E-state index is 0.315. The molecular weight excluding hydrogens is 358 g/mol. The summed E-state index contributed by atoms with van der Waals surface area (Å²) in [7, 11) is -3.68. The molecule has 3 aromatic rings. The fourth-order valence-corrected chi connectivity index (χ4v) is 4.67. The van der Waals surface area contributed by atoms with E-state index in [1.807, 2.05) is 64.1 Å². The van der Waals surface area contributed by atoms with Gasteiger partial charge in [0.15, 0.2) is 0 Å². The number of pyridine rings is 1. The number of aromatic nitrogens is 1. The summed E-state index contributed by atoms with van der Waals surface area (Å²) >= 11 is 0. The van der Waals surface area contributed by atoms with Crippen molar-refractivity contribution in [1.82, 2.24) is 4.98 Å². The van der Waals surface area contributed by atoms with E-state index in [-0.39, 0.29) is 0 Å². The van der Waals surface area contributed by atoms with Crippen molar-refractivity contribution < 1.29 is 8.42 Å². The van der Waals surface area contributed by atoms with Crippen LogP contribution in [-0.2, 0) is 10.0 Å². The van der Waals surface area contributed by atoms with Gasteiger partial charge in [0.25, 0.3) is 10.0 Å². The van der Waals surface area contributed by atoms with Crippen LogP contribution in [0.25, 0.3) is 0 Å². The zero-order chi connectivity index (χ0) is 19.6. The van der Waals surface area contributed by atoms with Crippen molar-refractivity contribution in [2.24, 2.45) is 0 Å². The van der Waals surface area contributed by atoms with Gasteiger partial charge in [0, 0.05) is 5.69 Å². The van der Waals surface area contributed by atoms with E-state index in [0.717, 1.165) is 27.9 Å². The fourth-order valence-electron chi connectivity index (χ4n) is 3.18. The van der Waals surface area contributed by atoms with Gasteiger partial charge in [-0.1, -0.05) is 35.9 Å². The van der Waals surface area contributed by atoms with Crippen LogP contribution >= 0.6 is 0 Å². The lowest BCUT2D eigenvalue weighted by molar-refractivity contribution is 0.600. The Labute approximate surface area is 160 Å². The highest BCUT2D eigenvalue weighted by Crippen LogP contribution is 2.25. The second-order valence-corrected chi connectivity index (χ2v) is 8.32. The normalized spacial score (nSPS) is 11.3. The molecule has 140 valence electrons. The van der Waals surface area contributed by atoms with Crippen LogP contribution in [0.3, 0.4) is 0 Å². The van der Waals surface area contributed by atoms with Crippen molar-refractivity contribution in [3.63, 3.8) is 0 Å². The van der Waals surface area contributed by atoms with E-state index in [9.17, 15) is 8.42 Å². The molecule has 5 nitrogen and oxygen atoms in total. The van der Waals surface area contributed by atoms with Crippen molar-refractivity contribution in [2.45, 2.75) is 32.6 Å². The van der Waals surface area contributed by atoms with Crippen LogP contribution in [-0.4, -0.2) is 13.4 Å². The van der Waals surface area contributed by atoms with Crippen LogP contribution in [0.15, 0.2) is 59.6 Å². The molecule has 0 radical (unpaired) electrons. The Morgan fingerprint density at radius 2 is 1.52 bits per heavy atom. The third-order valence-electron chi connectivity index (χ3n) is 4.30. The molecule has 0 saturated heterocycles. The van der Waals surface area contributed by atoms with Gasteiger partial charge in [-0.2, -0.15) is 0 Å². The van der Waals surface area contributed by atoms with Gasteiger partial charge in [-0.25, -0.2) is 13.4 Å². The van der Waals surface area contributed by atoms with Gasteiger partial charge in [-0.3, -0.25) is 4.72 Å². The van der Waals surface area contributed by atoms with E-state index in [1.165, 1.54) is 6.20 Å². The van der Waals surface area contributed by atoms with Crippen molar-refractivity contribution >= 4 is 27.2 Å². The lowest BCUT2D eigenvalue weighted by atomic mass is 10.1. The molecule has 0 aliphatic rings. The van der Waals surface area contributed by atoms with Crippen molar-refractivity contribution in [1.29, 1.82) is 0 Å². The molecule has 0 aliphatic heterocycles. The molecular formula is C21H23N3O2S. The summed E-state index contributed by atoms with van der Waals surface area (Å²) in [6, 6.07) is 15.1. The maximum Gasteiger partial charge on any atom is 0.262 e. The van der Waals surface area contributed by atoms with Crippen LogP contribution in [0.1, 0.15) is 22.3 Å². The number of hydrogen-bond acceptors (Lipinski definition) is 4. The Balaban J connectivity index is 1.81. The number of hydrogen-bond donors (Lipinski definition) is 2. The quantitative estimate of drug-likeness (QED) is 0.662. The van der Waals surface area contributed by atoms with Crippen LogP contribution in [0, 0.1) is 27.7 Å². The molecule has 0 amide bonds. The van der Waals surface area contributed by atoms with Gasteiger partial charge in [-0.15, -0.1) is 0 Å². The third-order valence-corrected chi connectivity index (χ3v) is 5.98. The summed E-state index contributed by atoms with van der Waals surface area (Å²) in [6.45, 7) is 7.58. The van der Waals surface area contributed by atoms with E-state index >= 15 is 0 Å². The van der Waals surface area contributed by atoms with Gasteiger partial charge in [0.1, 0.15) is 5.82 Å². The first-order valence-corrected chi connectivity index (χ1v) is 10.1. The smallest absolute Gasteiger partial charge is 0.262 e. The van der Waals surface area contributed by atoms with Gasteiger partial charge >= 0.3 is 0 Å².